The third-order valence-electron chi connectivity index (χ3n) is 4.46. The molecule has 1 fully saturated rings. The minimum atomic E-state index is -0.0276. The van der Waals surface area contributed by atoms with Gasteiger partial charge in [0, 0.05) is 12.3 Å². The molecule has 5 nitrogen and oxygen atoms in total. The molecule has 0 radical (unpaired) electrons. The summed E-state index contributed by atoms with van der Waals surface area (Å²) in [4.78, 5) is 12.3. The highest BCUT2D eigenvalue weighted by atomic mass is 16.5. The normalized spacial score (nSPS) is 19.6. The first-order valence-corrected chi connectivity index (χ1v) is 8.15. The van der Waals surface area contributed by atoms with Gasteiger partial charge in [-0.15, -0.1) is 5.10 Å². The summed E-state index contributed by atoms with van der Waals surface area (Å²) in [5.41, 5.74) is 2.14. The van der Waals surface area contributed by atoms with E-state index >= 15 is 0 Å². The molecule has 1 unspecified atom stereocenters. The number of nitrogens with zero attached hydrogens (tertiary/aromatic N) is 2. The molecule has 2 heterocycles. The molecule has 0 bridgehead atoms. The molecule has 1 aliphatic carbocycles. The van der Waals surface area contributed by atoms with Crippen LogP contribution in [0.25, 0.3) is 0 Å². The average Bonchev–Trinajstić information content (AvgIpc) is 3.41. The second kappa shape index (κ2) is 5.99. The highest BCUT2D eigenvalue weighted by Gasteiger charge is 2.26. The molecule has 0 saturated heterocycles. The van der Waals surface area contributed by atoms with E-state index in [2.05, 4.69) is 15.5 Å². The molecule has 5 heteroatoms. The van der Waals surface area contributed by atoms with E-state index in [1.54, 1.807) is 0 Å². The molecule has 1 aliphatic heterocycles. The highest BCUT2D eigenvalue weighted by Crippen LogP contribution is 2.38. The largest absolute Gasteiger partial charge is 0.493 e. The predicted molar refractivity (Wildman–Crippen MR) is 86.5 cm³/mol. The van der Waals surface area contributed by atoms with Crippen molar-refractivity contribution in [2.75, 3.05) is 11.9 Å². The van der Waals surface area contributed by atoms with E-state index in [1.165, 1.54) is 12.8 Å². The topological polar surface area (TPSA) is 64.1 Å². The molecule has 1 N–H and O–H groups in total. The number of ether oxygens (including phenoxy) is 1. The number of fused-ring (bicyclic) bond motifs is 1. The van der Waals surface area contributed by atoms with Crippen LogP contribution in [0.3, 0.4) is 0 Å². The van der Waals surface area contributed by atoms with Crippen molar-refractivity contribution in [3.05, 3.63) is 47.7 Å². The van der Waals surface area contributed by atoms with Crippen molar-refractivity contribution in [2.24, 2.45) is 0 Å². The fraction of sp³-hybridized carbons (Fsp3) is 0.389. The third-order valence-corrected chi connectivity index (χ3v) is 4.46. The molecule has 23 heavy (non-hydrogen) atoms. The lowest BCUT2D eigenvalue weighted by Gasteiger charge is -2.25. The summed E-state index contributed by atoms with van der Waals surface area (Å²) in [6, 6.07) is 11.7. The van der Waals surface area contributed by atoms with Crippen LogP contribution in [-0.2, 0) is 4.79 Å². The number of carbonyl (C=O) groups excluding carboxylic acids is 1. The van der Waals surface area contributed by atoms with Crippen LogP contribution in [0.2, 0.25) is 0 Å². The summed E-state index contributed by atoms with van der Waals surface area (Å²) >= 11 is 0. The van der Waals surface area contributed by atoms with Gasteiger partial charge < -0.3 is 10.1 Å². The molecule has 1 amide bonds. The number of aromatic nitrogens is 2. The van der Waals surface area contributed by atoms with Crippen molar-refractivity contribution < 1.29 is 9.53 Å². The van der Waals surface area contributed by atoms with E-state index in [9.17, 15) is 4.79 Å². The first-order chi connectivity index (χ1) is 11.3. The Bertz CT molecular complexity index is 710. The van der Waals surface area contributed by atoms with Crippen molar-refractivity contribution in [2.45, 2.75) is 37.5 Å². The Morgan fingerprint density at radius 1 is 1.13 bits per heavy atom. The van der Waals surface area contributed by atoms with Crippen LogP contribution in [0.4, 0.5) is 5.82 Å². The standard InChI is InChI=1S/C18H19N3O2/c22-18(19-17-8-7-15(20-21-17)12-5-6-12)11-13-9-10-23-16-4-2-1-3-14(13)16/h1-4,7-8,12-13H,5-6,9-11H2,(H,19,21,22). The Kier molecular flexibility index (Phi) is 3.69. The van der Waals surface area contributed by atoms with Gasteiger partial charge in [-0.2, -0.15) is 5.10 Å². The molecule has 1 aromatic carbocycles. The van der Waals surface area contributed by atoms with E-state index in [-0.39, 0.29) is 11.8 Å². The quantitative estimate of drug-likeness (QED) is 0.941. The number of hydrogen-bond acceptors (Lipinski definition) is 4. The Hall–Kier alpha value is -2.43. The minimum Gasteiger partial charge on any atom is -0.493 e. The van der Waals surface area contributed by atoms with Crippen LogP contribution in [0.15, 0.2) is 36.4 Å². The Morgan fingerprint density at radius 2 is 2.00 bits per heavy atom. The van der Waals surface area contributed by atoms with Gasteiger partial charge >= 0.3 is 0 Å². The molecule has 4 rings (SSSR count). The summed E-state index contributed by atoms with van der Waals surface area (Å²) in [5.74, 6) is 2.16. The number of benzene rings is 1. The van der Waals surface area contributed by atoms with Crippen molar-refractivity contribution in [3.8, 4) is 5.75 Å². The zero-order valence-electron chi connectivity index (χ0n) is 12.9. The number of hydrogen-bond donors (Lipinski definition) is 1. The number of nitrogens with one attached hydrogen (secondary N) is 1. The lowest BCUT2D eigenvalue weighted by Crippen LogP contribution is -2.21. The highest BCUT2D eigenvalue weighted by molar-refractivity contribution is 5.90. The Morgan fingerprint density at radius 3 is 2.78 bits per heavy atom. The molecule has 118 valence electrons. The molecule has 2 aliphatic rings. The van der Waals surface area contributed by atoms with E-state index in [0.29, 0.717) is 24.8 Å². The van der Waals surface area contributed by atoms with Gasteiger partial charge in [0.05, 0.1) is 12.3 Å². The van der Waals surface area contributed by atoms with E-state index in [0.717, 1.165) is 23.4 Å². The van der Waals surface area contributed by atoms with E-state index in [1.807, 2.05) is 36.4 Å². The smallest absolute Gasteiger partial charge is 0.226 e. The molecular formula is C18H19N3O2. The second-order valence-electron chi connectivity index (χ2n) is 6.24. The minimum absolute atomic E-state index is 0.0276. The molecule has 1 atom stereocenters. The lowest BCUT2D eigenvalue weighted by atomic mass is 9.90. The summed E-state index contributed by atoms with van der Waals surface area (Å²) in [6.07, 6.45) is 3.69. The number of amides is 1. The maximum atomic E-state index is 12.3. The zero-order valence-corrected chi connectivity index (χ0v) is 12.9. The second-order valence-corrected chi connectivity index (χ2v) is 6.24. The van der Waals surface area contributed by atoms with Gasteiger partial charge in [-0.1, -0.05) is 18.2 Å². The number of para-hydroxylation sites is 1. The van der Waals surface area contributed by atoms with Gasteiger partial charge in [0.25, 0.3) is 0 Å². The average molecular weight is 309 g/mol. The zero-order chi connectivity index (χ0) is 15.6. The van der Waals surface area contributed by atoms with Gasteiger partial charge in [-0.05, 0) is 48.9 Å². The number of carbonyl (C=O) groups is 1. The van der Waals surface area contributed by atoms with Gasteiger partial charge in [0.1, 0.15) is 5.75 Å². The number of rotatable bonds is 4. The molecule has 1 aromatic heterocycles. The molecule has 0 spiro atoms. The van der Waals surface area contributed by atoms with Crippen molar-refractivity contribution >= 4 is 11.7 Å². The van der Waals surface area contributed by atoms with Crippen LogP contribution in [0.1, 0.15) is 48.8 Å². The van der Waals surface area contributed by atoms with Crippen molar-refractivity contribution in [1.82, 2.24) is 10.2 Å². The maximum absolute atomic E-state index is 12.3. The summed E-state index contributed by atoms with van der Waals surface area (Å²) in [7, 11) is 0. The third kappa shape index (κ3) is 3.18. The summed E-state index contributed by atoms with van der Waals surface area (Å²) in [5, 5.41) is 11.2. The van der Waals surface area contributed by atoms with Crippen LogP contribution in [0.5, 0.6) is 5.75 Å². The van der Waals surface area contributed by atoms with Crippen LogP contribution in [-0.4, -0.2) is 22.7 Å². The number of anilines is 1. The monoisotopic (exact) mass is 309 g/mol. The molecular weight excluding hydrogens is 290 g/mol. The lowest BCUT2D eigenvalue weighted by molar-refractivity contribution is -0.116. The molecule has 1 saturated carbocycles. The maximum Gasteiger partial charge on any atom is 0.226 e. The predicted octanol–water partition coefficient (Wildman–Crippen LogP) is 3.25. The van der Waals surface area contributed by atoms with Crippen LogP contribution >= 0.6 is 0 Å². The van der Waals surface area contributed by atoms with Crippen LogP contribution in [0, 0.1) is 0 Å². The van der Waals surface area contributed by atoms with E-state index in [4.69, 9.17) is 4.74 Å². The van der Waals surface area contributed by atoms with Gasteiger partial charge in [-0.25, -0.2) is 0 Å². The van der Waals surface area contributed by atoms with Crippen molar-refractivity contribution in [1.29, 1.82) is 0 Å². The van der Waals surface area contributed by atoms with Gasteiger partial charge in [0.2, 0.25) is 5.91 Å². The van der Waals surface area contributed by atoms with Crippen molar-refractivity contribution in [3.63, 3.8) is 0 Å². The first kappa shape index (κ1) is 14.2. The Balaban J connectivity index is 1.40. The fourth-order valence-corrected chi connectivity index (χ4v) is 3.05. The van der Waals surface area contributed by atoms with Gasteiger partial charge in [-0.3, -0.25) is 4.79 Å². The van der Waals surface area contributed by atoms with E-state index < -0.39 is 0 Å². The SMILES string of the molecule is O=C(CC1CCOc2ccccc21)Nc1ccc(C2CC2)nn1. The summed E-state index contributed by atoms with van der Waals surface area (Å²) < 4.78 is 5.64. The van der Waals surface area contributed by atoms with Crippen LogP contribution < -0.4 is 10.1 Å². The fourth-order valence-electron chi connectivity index (χ4n) is 3.05. The first-order valence-electron chi connectivity index (χ1n) is 8.15. The van der Waals surface area contributed by atoms with Gasteiger partial charge in [0.15, 0.2) is 5.82 Å². The summed E-state index contributed by atoms with van der Waals surface area (Å²) in [6.45, 7) is 0.658. The molecule has 2 aromatic rings. The Labute approximate surface area is 135 Å².